The maximum absolute atomic E-state index is 12.8. The monoisotopic (exact) mass is 462 g/mol. The van der Waals surface area contributed by atoms with E-state index in [2.05, 4.69) is 4.99 Å². The molecule has 0 radical (unpaired) electrons. The Morgan fingerprint density at radius 1 is 1.03 bits per heavy atom. The van der Waals surface area contributed by atoms with Gasteiger partial charge in [-0.2, -0.15) is 0 Å². The highest BCUT2D eigenvalue weighted by atomic mass is 16.6. The smallest absolute Gasteiger partial charge is 0.336 e. The maximum atomic E-state index is 12.8. The molecule has 0 bridgehead atoms. The molecule has 0 saturated carbocycles. The van der Waals surface area contributed by atoms with Crippen molar-refractivity contribution in [1.29, 1.82) is 0 Å². The topological polar surface area (TPSA) is 127 Å². The van der Waals surface area contributed by atoms with Crippen molar-refractivity contribution in [1.82, 2.24) is 0 Å². The van der Waals surface area contributed by atoms with Crippen molar-refractivity contribution in [2.75, 3.05) is 39.6 Å². The summed E-state index contributed by atoms with van der Waals surface area (Å²) in [7, 11) is 0. The van der Waals surface area contributed by atoms with E-state index in [0.29, 0.717) is 18.8 Å². The second-order valence-electron chi connectivity index (χ2n) is 7.25. The summed E-state index contributed by atoms with van der Waals surface area (Å²) in [6.07, 6.45) is 3.11. The van der Waals surface area contributed by atoms with Gasteiger partial charge in [-0.1, -0.05) is 26.0 Å². The van der Waals surface area contributed by atoms with Crippen LogP contribution < -0.4 is 0 Å². The van der Waals surface area contributed by atoms with E-state index in [1.54, 1.807) is 6.07 Å². The number of hydrogen-bond donors (Lipinski definition) is 0. The molecule has 1 aliphatic rings. The lowest BCUT2D eigenvalue weighted by molar-refractivity contribution is -0.384. The molecule has 0 N–H and O–H groups in total. The average Bonchev–Trinajstić information content (AvgIpc) is 2.83. The van der Waals surface area contributed by atoms with Gasteiger partial charge in [0.25, 0.3) is 5.69 Å². The van der Waals surface area contributed by atoms with Crippen LogP contribution in [0.4, 0.5) is 5.69 Å². The predicted molar refractivity (Wildman–Crippen MR) is 121 cm³/mol. The largest absolute Gasteiger partial charge is 0.463 e. The molecular weight excluding hydrogens is 432 g/mol. The number of hydrogen-bond acceptors (Lipinski definition) is 9. The number of carbonyl (C=O) groups excluding carboxylic acids is 2. The summed E-state index contributed by atoms with van der Waals surface area (Å²) in [5.41, 5.74) is 0.630. The van der Waals surface area contributed by atoms with Crippen LogP contribution in [0, 0.1) is 16.0 Å². The standard InChI is InChI=1S/C23H30N2O8/c1-3-8-30-10-12-32-22(26)18-15-20(23(27)33-13-11-31-9-4-2)21(24-16-18)17-6-5-7-19(14-17)25(28)29/h5-7,14,16,18H,3-4,8-13,15H2,1-2H3. The zero-order valence-electron chi connectivity index (χ0n) is 19.0. The van der Waals surface area contributed by atoms with E-state index in [9.17, 15) is 19.7 Å². The van der Waals surface area contributed by atoms with Crippen LogP contribution in [0.15, 0.2) is 34.8 Å². The third-order valence-electron chi connectivity index (χ3n) is 4.60. The number of nitro groups is 1. The molecule has 0 fully saturated rings. The first kappa shape index (κ1) is 26.1. The SMILES string of the molecule is CCCOCCOC(=O)C1=C(c2cccc([N+](=O)[O-])c2)N=CC(C(=O)OCCOCCC)C1. The van der Waals surface area contributed by atoms with Crippen LogP contribution in [0.3, 0.4) is 0 Å². The number of ether oxygens (including phenoxy) is 4. The molecule has 0 aromatic heterocycles. The van der Waals surface area contributed by atoms with Gasteiger partial charge in [-0.15, -0.1) is 0 Å². The number of nitrogens with zero attached hydrogens (tertiary/aromatic N) is 2. The highest BCUT2D eigenvalue weighted by molar-refractivity contribution is 6.04. The molecule has 33 heavy (non-hydrogen) atoms. The van der Waals surface area contributed by atoms with E-state index in [1.807, 2.05) is 13.8 Å². The number of esters is 2. The van der Waals surface area contributed by atoms with E-state index in [1.165, 1.54) is 24.4 Å². The Labute approximate surface area is 192 Å². The Morgan fingerprint density at radius 2 is 1.70 bits per heavy atom. The molecule has 1 heterocycles. The quantitative estimate of drug-likeness (QED) is 0.178. The molecule has 0 aliphatic carbocycles. The van der Waals surface area contributed by atoms with Gasteiger partial charge in [0.15, 0.2) is 0 Å². The van der Waals surface area contributed by atoms with Gasteiger partial charge >= 0.3 is 11.9 Å². The maximum Gasteiger partial charge on any atom is 0.336 e. The van der Waals surface area contributed by atoms with Crippen LogP contribution in [-0.4, -0.2) is 62.7 Å². The second-order valence-corrected chi connectivity index (χ2v) is 7.25. The summed E-state index contributed by atoms with van der Waals surface area (Å²) in [5.74, 6) is -1.97. The lowest BCUT2D eigenvalue weighted by Crippen LogP contribution is -2.26. The minimum atomic E-state index is -0.780. The molecule has 0 saturated heterocycles. The fraction of sp³-hybridized carbons (Fsp3) is 0.522. The predicted octanol–water partition coefficient (Wildman–Crippen LogP) is 3.34. The molecule has 2 rings (SSSR count). The third-order valence-corrected chi connectivity index (χ3v) is 4.60. The highest BCUT2D eigenvalue weighted by Gasteiger charge is 2.30. The fourth-order valence-corrected chi connectivity index (χ4v) is 3.03. The van der Waals surface area contributed by atoms with E-state index in [0.717, 1.165) is 12.8 Å². The summed E-state index contributed by atoms with van der Waals surface area (Å²) in [4.78, 5) is 40.2. The lowest BCUT2D eigenvalue weighted by Gasteiger charge is -2.20. The molecule has 10 nitrogen and oxygen atoms in total. The Hall–Kier alpha value is -3.11. The molecule has 10 heteroatoms. The molecule has 0 amide bonds. The summed E-state index contributed by atoms with van der Waals surface area (Å²) < 4.78 is 21.2. The van der Waals surface area contributed by atoms with Crippen LogP contribution in [0.5, 0.6) is 0 Å². The zero-order chi connectivity index (χ0) is 24.1. The number of aliphatic imine (C=N–C) groups is 1. The van der Waals surface area contributed by atoms with E-state index < -0.39 is 22.8 Å². The van der Waals surface area contributed by atoms with Crippen molar-refractivity contribution in [3.05, 3.63) is 45.5 Å². The molecule has 1 unspecified atom stereocenters. The molecule has 1 aliphatic heterocycles. The van der Waals surface area contributed by atoms with Gasteiger partial charge in [-0.3, -0.25) is 19.9 Å². The summed E-state index contributed by atoms with van der Waals surface area (Å²) in [5, 5.41) is 11.2. The average molecular weight is 462 g/mol. The Morgan fingerprint density at radius 3 is 2.33 bits per heavy atom. The van der Waals surface area contributed by atoms with Gasteiger partial charge in [-0.05, 0) is 19.3 Å². The number of carbonyl (C=O) groups is 2. The van der Waals surface area contributed by atoms with Crippen molar-refractivity contribution in [2.45, 2.75) is 33.1 Å². The third kappa shape index (κ3) is 8.39. The normalized spacial score (nSPS) is 15.4. The molecule has 180 valence electrons. The summed E-state index contributed by atoms with van der Waals surface area (Å²) in [6, 6.07) is 5.80. The van der Waals surface area contributed by atoms with Crippen LogP contribution in [-0.2, 0) is 28.5 Å². The lowest BCUT2D eigenvalue weighted by atomic mass is 9.93. The van der Waals surface area contributed by atoms with Crippen LogP contribution >= 0.6 is 0 Å². The number of rotatable bonds is 14. The fourth-order valence-electron chi connectivity index (χ4n) is 3.03. The first-order valence-corrected chi connectivity index (χ1v) is 11.0. The minimum absolute atomic E-state index is 0.00479. The van der Waals surface area contributed by atoms with Gasteiger partial charge in [-0.25, -0.2) is 4.79 Å². The van der Waals surface area contributed by atoms with E-state index in [4.69, 9.17) is 18.9 Å². The first-order chi connectivity index (χ1) is 16.0. The van der Waals surface area contributed by atoms with E-state index >= 15 is 0 Å². The van der Waals surface area contributed by atoms with Gasteiger partial charge in [0.05, 0.1) is 35.3 Å². The number of non-ortho nitro benzene ring substituents is 1. The van der Waals surface area contributed by atoms with Gasteiger partial charge in [0.1, 0.15) is 13.2 Å². The summed E-state index contributed by atoms with van der Waals surface area (Å²) in [6.45, 7) is 5.74. The molecule has 0 spiro atoms. The highest BCUT2D eigenvalue weighted by Crippen LogP contribution is 2.31. The van der Waals surface area contributed by atoms with Crippen molar-refractivity contribution >= 4 is 29.5 Å². The Kier molecular flexibility index (Phi) is 11.2. The van der Waals surface area contributed by atoms with Crippen LogP contribution in [0.25, 0.3) is 5.70 Å². The van der Waals surface area contributed by atoms with Crippen LogP contribution in [0.1, 0.15) is 38.7 Å². The van der Waals surface area contributed by atoms with Gasteiger partial charge in [0, 0.05) is 37.1 Å². The number of nitro benzene ring substituents is 1. The Bertz CT molecular complexity index is 881. The van der Waals surface area contributed by atoms with Crippen LogP contribution in [0.2, 0.25) is 0 Å². The molecule has 1 atom stereocenters. The molecule has 1 aromatic carbocycles. The second kappa shape index (κ2) is 14.1. The first-order valence-electron chi connectivity index (χ1n) is 11.0. The molecular formula is C23H30N2O8. The molecule has 1 aromatic rings. The Balaban J connectivity index is 2.16. The van der Waals surface area contributed by atoms with Crippen molar-refractivity contribution in [2.24, 2.45) is 10.9 Å². The van der Waals surface area contributed by atoms with Gasteiger partial charge in [0.2, 0.25) is 0 Å². The van der Waals surface area contributed by atoms with Gasteiger partial charge < -0.3 is 18.9 Å². The van der Waals surface area contributed by atoms with Crippen molar-refractivity contribution < 1.29 is 33.5 Å². The zero-order valence-corrected chi connectivity index (χ0v) is 19.0. The van der Waals surface area contributed by atoms with Crippen molar-refractivity contribution in [3.63, 3.8) is 0 Å². The minimum Gasteiger partial charge on any atom is -0.463 e. The van der Waals surface area contributed by atoms with E-state index in [-0.39, 0.29) is 49.8 Å². The number of benzene rings is 1. The summed E-state index contributed by atoms with van der Waals surface area (Å²) >= 11 is 0. The van der Waals surface area contributed by atoms with Crippen molar-refractivity contribution in [3.8, 4) is 0 Å².